The lowest BCUT2D eigenvalue weighted by Gasteiger charge is -2.24. The van der Waals surface area contributed by atoms with Gasteiger partial charge in [-0.2, -0.15) is 11.8 Å². The van der Waals surface area contributed by atoms with Crippen molar-refractivity contribution in [2.45, 2.75) is 6.04 Å². The fourth-order valence-electron chi connectivity index (χ4n) is 2.19. The number of benzene rings is 1. The van der Waals surface area contributed by atoms with Crippen molar-refractivity contribution in [2.24, 2.45) is 0 Å². The summed E-state index contributed by atoms with van der Waals surface area (Å²) in [6.45, 7) is 1.10. The molecule has 0 amide bonds. The number of fused-ring (bicyclic) bond motifs is 1. The highest BCUT2D eigenvalue weighted by Gasteiger charge is 2.16. The van der Waals surface area contributed by atoms with Crippen molar-refractivity contribution < 1.29 is 0 Å². The number of hydrogen-bond acceptors (Lipinski definition) is 3. The summed E-state index contributed by atoms with van der Waals surface area (Å²) in [5.41, 5.74) is 2.48. The molecule has 0 radical (unpaired) electrons. The monoisotopic (exact) mass is 230 g/mol. The molecule has 2 nitrogen and oxygen atoms in total. The third-order valence-electron chi connectivity index (χ3n) is 2.98. The zero-order chi connectivity index (χ0) is 10.8. The quantitative estimate of drug-likeness (QED) is 0.815. The van der Waals surface area contributed by atoms with Gasteiger partial charge in [-0.05, 0) is 17.7 Å². The average Bonchev–Trinajstić information content (AvgIpc) is 2.39. The first kappa shape index (κ1) is 10.1. The smallest absolute Gasteiger partial charge is 0.0705 e. The van der Waals surface area contributed by atoms with Crippen LogP contribution in [0.15, 0.2) is 36.5 Å². The van der Waals surface area contributed by atoms with Crippen molar-refractivity contribution in [3.63, 3.8) is 0 Å². The molecule has 1 atom stereocenters. The van der Waals surface area contributed by atoms with Crippen LogP contribution in [0.2, 0.25) is 0 Å². The minimum atomic E-state index is 0.478. The fraction of sp³-hybridized carbons (Fsp3) is 0.308. The fourth-order valence-corrected chi connectivity index (χ4v) is 3.15. The van der Waals surface area contributed by atoms with Gasteiger partial charge in [0.25, 0.3) is 0 Å². The molecule has 3 heteroatoms. The molecule has 1 unspecified atom stereocenters. The number of thioether (sulfide) groups is 1. The van der Waals surface area contributed by atoms with Gasteiger partial charge in [0.15, 0.2) is 0 Å². The van der Waals surface area contributed by atoms with Gasteiger partial charge in [-0.25, -0.2) is 0 Å². The second-order valence-corrected chi connectivity index (χ2v) is 5.15. The Morgan fingerprint density at radius 1 is 1.25 bits per heavy atom. The van der Waals surface area contributed by atoms with Crippen molar-refractivity contribution in [2.75, 3.05) is 18.1 Å². The van der Waals surface area contributed by atoms with Crippen LogP contribution < -0.4 is 5.32 Å². The van der Waals surface area contributed by atoms with Crippen LogP contribution in [0.1, 0.15) is 11.6 Å². The van der Waals surface area contributed by atoms with Crippen LogP contribution in [-0.4, -0.2) is 23.0 Å². The zero-order valence-electron chi connectivity index (χ0n) is 9.02. The maximum atomic E-state index is 4.40. The molecule has 0 bridgehead atoms. The Bertz CT molecular complexity index is 487. The van der Waals surface area contributed by atoms with E-state index in [2.05, 4.69) is 34.6 Å². The molecule has 3 rings (SSSR count). The van der Waals surface area contributed by atoms with Crippen molar-refractivity contribution in [1.29, 1.82) is 0 Å². The molecule has 1 fully saturated rings. The van der Waals surface area contributed by atoms with Gasteiger partial charge >= 0.3 is 0 Å². The standard InChI is InChI=1S/C13H14N2S/c1-2-4-12-10(3-1)11(5-6-14-12)13-9-16-8-7-15-13/h1-6,13,15H,7-9H2. The molecule has 0 saturated carbocycles. The van der Waals surface area contributed by atoms with E-state index >= 15 is 0 Å². The van der Waals surface area contributed by atoms with E-state index in [0.717, 1.165) is 17.8 Å². The first-order valence-electron chi connectivity index (χ1n) is 5.60. The first-order valence-corrected chi connectivity index (χ1v) is 6.75. The van der Waals surface area contributed by atoms with Gasteiger partial charge in [0.05, 0.1) is 5.52 Å². The molecule has 1 aliphatic rings. The highest BCUT2D eigenvalue weighted by Crippen LogP contribution is 2.27. The van der Waals surface area contributed by atoms with E-state index in [1.807, 2.05) is 24.0 Å². The maximum Gasteiger partial charge on any atom is 0.0705 e. The SMILES string of the molecule is c1ccc2c(C3CSCCN3)ccnc2c1. The predicted molar refractivity (Wildman–Crippen MR) is 69.8 cm³/mol. The third-order valence-corrected chi connectivity index (χ3v) is 4.04. The minimum Gasteiger partial charge on any atom is -0.308 e. The van der Waals surface area contributed by atoms with Gasteiger partial charge in [0.2, 0.25) is 0 Å². The van der Waals surface area contributed by atoms with Crippen molar-refractivity contribution in [1.82, 2.24) is 10.3 Å². The molecule has 2 aromatic rings. The molecule has 1 aromatic carbocycles. The lowest BCUT2D eigenvalue weighted by molar-refractivity contribution is 0.598. The van der Waals surface area contributed by atoms with E-state index < -0.39 is 0 Å². The third kappa shape index (κ3) is 1.81. The van der Waals surface area contributed by atoms with Crippen molar-refractivity contribution in [3.05, 3.63) is 42.1 Å². The number of pyridine rings is 1. The Morgan fingerprint density at radius 3 is 3.06 bits per heavy atom. The molecule has 0 aliphatic carbocycles. The van der Waals surface area contributed by atoms with Crippen LogP contribution in [-0.2, 0) is 0 Å². The number of aromatic nitrogens is 1. The number of hydrogen-bond donors (Lipinski definition) is 1. The predicted octanol–water partition coefficient (Wildman–Crippen LogP) is 2.61. The Morgan fingerprint density at radius 2 is 2.19 bits per heavy atom. The number of nitrogens with zero attached hydrogens (tertiary/aromatic N) is 1. The highest BCUT2D eigenvalue weighted by atomic mass is 32.2. The molecular formula is C13H14N2S. The van der Waals surface area contributed by atoms with E-state index in [0.29, 0.717) is 6.04 Å². The molecule has 1 N–H and O–H groups in total. The molecule has 1 aliphatic heterocycles. The molecule has 0 spiro atoms. The van der Waals surface area contributed by atoms with E-state index in [-0.39, 0.29) is 0 Å². The summed E-state index contributed by atoms with van der Waals surface area (Å²) >= 11 is 2.02. The van der Waals surface area contributed by atoms with E-state index in [9.17, 15) is 0 Å². The molecule has 16 heavy (non-hydrogen) atoms. The number of rotatable bonds is 1. The zero-order valence-corrected chi connectivity index (χ0v) is 9.83. The summed E-state index contributed by atoms with van der Waals surface area (Å²) in [6, 6.07) is 11.0. The number of nitrogens with one attached hydrogen (secondary N) is 1. The van der Waals surface area contributed by atoms with Crippen molar-refractivity contribution >= 4 is 22.7 Å². The lowest BCUT2D eigenvalue weighted by atomic mass is 10.0. The van der Waals surface area contributed by atoms with E-state index in [4.69, 9.17) is 0 Å². The van der Waals surface area contributed by atoms with Crippen LogP contribution in [0.25, 0.3) is 10.9 Å². The first-order chi connectivity index (χ1) is 7.95. The minimum absolute atomic E-state index is 0.478. The second kappa shape index (κ2) is 4.44. The topological polar surface area (TPSA) is 24.9 Å². The molecule has 2 heterocycles. The summed E-state index contributed by atoms with van der Waals surface area (Å²) in [7, 11) is 0. The maximum absolute atomic E-state index is 4.40. The molecule has 82 valence electrons. The summed E-state index contributed by atoms with van der Waals surface area (Å²) in [6.07, 6.45) is 1.92. The van der Waals surface area contributed by atoms with Gasteiger partial charge in [-0.1, -0.05) is 18.2 Å². The van der Waals surface area contributed by atoms with Gasteiger partial charge < -0.3 is 5.32 Å². The second-order valence-electron chi connectivity index (χ2n) is 4.00. The molecule has 1 aromatic heterocycles. The Labute approximate surface area is 99.5 Å². The van der Waals surface area contributed by atoms with Crippen LogP contribution in [0.3, 0.4) is 0 Å². The van der Waals surface area contributed by atoms with Crippen molar-refractivity contribution in [3.8, 4) is 0 Å². The summed E-state index contributed by atoms with van der Waals surface area (Å²) in [4.78, 5) is 4.40. The van der Waals surface area contributed by atoms with Gasteiger partial charge in [0.1, 0.15) is 0 Å². The Kier molecular flexibility index (Phi) is 2.80. The van der Waals surface area contributed by atoms with E-state index in [1.165, 1.54) is 16.7 Å². The summed E-state index contributed by atoms with van der Waals surface area (Å²) < 4.78 is 0. The average molecular weight is 230 g/mol. The lowest BCUT2D eigenvalue weighted by Crippen LogP contribution is -2.30. The van der Waals surface area contributed by atoms with Crippen LogP contribution in [0.4, 0.5) is 0 Å². The van der Waals surface area contributed by atoms with Gasteiger partial charge in [0, 0.05) is 35.7 Å². The van der Waals surface area contributed by atoms with Crippen LogP contribution in [0.5, 0.6) is 0 Å². The van der Waals surface area contributed by atoms with Gasteiger partial charge in [-0.15, -0.1) is 0 Å². The summed E-state index contributed by atoms with van der Waals surface area (Å²) in [5, 5.41) is 4.86. The Balaban J connectivity index is 2.08. The van der Waals surface area contributed by atoms with E-state index in [1.54, 1.807) is 0 Å². The normalized spacial score (nSPS) is 21.1. The van der Waals surface area contributed by atoms with Crippen LogP contribution >= 0.6 is 11.8 Å². The molecular weight excluding hydrogens is 216 g/mol. The Hall–Kier alpha value is -1.06. The number of para-hydroxylation sites is 1. The highest BCUT2D eigenvalue weighted by molar-refractivity contribution is 7.99. The van der Waals surface area contributed by atoms with Crippen LogP contribution in [0, 0.1) is 0 Å². The molecule has 1 saturated heterocycles. The van der Waals surface area contributed by atoms with Gasteiger partial charge in [-0.3, -0.25) is 4.98 Å². The largest absolute Gasteiger partial charge is 0.308 e. The summed E-state index contributed by atoms with van der Waals surface area (Å²) in [5.74, 6) is 2.38.